The number of para-hydroxylation sites is 1. The number of benzene rings is 1. The third kappa shape index (κ3) is 3.99. The lowest BCUT2D eigenvalue weighted by molar-refractivity contribution is 0.0898. The Morgan fingerprint density at radius 1 is 1.22 bits per heavy atom. The minimum absolute atomic E-state index is 0.0212. The van der Waals surface area contributed by atoms with Gasteiger partial charge in [0.25, 0.3) is 0 Å². The first-order chi connectivity index (χ1) is 13.3. The molecule has 0 bridgehead atoms. The molecule has 27 heavy (non-hydrogen) atoms. The first kappa shape index (κ1) is 18.4. The van der Waals surface area contributed by atoms with Crippen LogP contribution in [-0.4, -0.2) is 57.7 Å². The summed E-state index contributed by atoms with van der Waals surface area (Å²) in [5.74, 6) is 0.838. The second-order valence-electron chi connectivity index (χ2n) is 7.05. The van der Waals surface area contributed by atoms with Gasteiger partial charge in [0, 0.05) is 43.0 Å². The van der Waals surface area contributed by atoms with E-state index in [2.05, 4.69) is 16.6 Å². The minimum atomic E-state index is -0.229. The van der Waals surface area contributed by atoms with Gasteiger partial charge in [-0.25, -0.2) is 9.78 Å². The van der Waals surface area contributed by atoms with Crippen molar-refractivity contribution >= 4 is 17.8 Å². The fourth-order valence-electron chi connectivity index (χ4n) is 3.87. The second-order valence-corrected chi connectivity index (χ2v) is 8.19. The molecule has 7 heteroatoms. The molecule has 3 heterocycles. The summed E-state index contributed by atoms with van der Waals surface area (Å²) in [5.41, 5.74) is 1.05. The van der Waals surface area contributed by atoms with E-state index in [0.29, 0.717) is 11.9 Å². The molecule has 2 saturated heterocycles. The van der Waals surface area contributed by atoms with E-state index in [9.17, 15) is 4.79 Å². The maximum Gasteiger partial charge on any atom is 0.317 e. The Morgan fingerprint density at radius 3 is 2.74 bits per heavy atom. The molecule has 1 aromatic heterocycles. The highest BCUT2D eigenvalue weighted by Crippen LogP contribution is 2.30. The Bertz CT molecular complexity index is 758. The van der Waals surface area contributed by atoms with E-state index < -0.39 is 0 Å². The van der Waals surface area contributed by atoms with Gasteiger partial charge in [0.2, 0.25) is 0 Å². The predicted octanol–water partition coefficient (Wildman–Crippen LogP) is 3.24. The average molecular weight is 387 g/mol. The van der Waals surface area contributed by atoms with Crippen LogP contribution in [0.1, 0.15) is 31.2 Å². The van der Waals surface area contributed by atoms with Gasteiger partial charge in [-0.05, 0) is 37.7 Å². The van der Waals surface area contributed by atoms with Crippen LogP contribution >= 0.6 is 11.8 Å². The van der Waals surface area contributed by atoms with E-state index in [0.717, 1.165) is 43.9 Å². The van der Waals surface area contributed by atoms with Crippen molar-refractivity contribution < 1.29 is 9.53 Å². The maximum absolute atomic E-state index is 12.7. The molecule has 0 aliphatic carbocycles. The number of ether oxygens (including phenoxy) is 1. The lowest BCUT2D eigenvalue weighted by Crippen LogP contribution is -2.49. The molecule has 2 amide bonds. The van der Waals surface area contributed by atoms with Gasteiger partial charge in [-0.15, -0.1) is 0 Å². The van der Waals surface area contributed by atoms with E-state index in [1.54, 1.807) is 6.20 Å². The van der Waals surface area contributed by atoms with Crippen LogP contribution in [0, 0.1) is 0 Å². The highest BCUT2D eigenvalue weighted by atomic mass is 32.2. The van der Waals surface area contributed by atoms with Gasteiger partial charge < -0.3 is 19.5 Å². The van der Waals surface area contributed by atoms with Crippen molar-refractivity contribution in [3.8, 4) is 5.69 Å². The molecule has 2 aromatic rings. The van der Waals surface area contributed by atoms with Crippen molar-refractivity contribution in [3.05, 3.63) is 48.5 Å². The zero-order chi connectivity index (χ0) is 18.6. The van der Waals surface area contributed by atoms with E-state index in [1.165, 1.54) is 0 Å². The van der Waals surface area contributed by atoms with Gasteiger partial charge in [-0.2, -0.15) is 11.8 Å². The number of nitrogens with zero attached hydrogens (tertiary/aromatic N) is 3. The van der Waals surface area contributed by atoms with E-state index >= 15 is 0 Å². The lowest BCUT2D eigenvalue weighted by atomic mass is 10.1. The van der Waals surface area contributed by atoms with Gasteiger partial charge in [0.15, 0.2) is 0 Å². The molecule has 2 atom stereocenters. The molecule has 2 aliphatic rings. The molecule has 6 nitrogen and oxygen atoms in total. The van der Waals surface area contributed by atoms with Crippen LogP contribution in [0.4, 0.5) is 4.79 Å². The van der Waals surface area contributed by atoms with Crippen molar-refractivity contribution in [3.63, 3.8) is 0 Å². The van der Waals surface area contributed by atoms with E-state index in [1.807, 2.05) is 57.8 Å². The van der Waals surface area contributed by atoms with Gasteiger partial charge in [0.05, 0.1) is 6.04 Å². The smallest absolute Gasteiger partial charge is 0.317 e. The number of thioether (sulfide) groups is 1. The van der Waals surface area contributed by atoms with Crippen LogP contribution in [0.3, 0.4) is 0 Å². The number of hydrogen-bond donors (Lipinski definition) is 1. The van der Waals surface area contributed by atoms with E-state index in [4.69, 9.17) is 4.74 Å². The van der Waals surface area contributed by atoms with Gasteiger partial charge in [-0.3, -0.25) is 0 Å². The van der Waals surface area contributed by atoms with Crippen molar-refractivity contribution in [2.75, 3.05) is 26.0 Å². The highest BCUT2D eigenvalue weighted by molar-refractivity contribution is 7.99. The third-order valence-electron chi connectivity index (χ3n) is 5.42. The largest absolute Gasteiger partial charge is 0.368 e. The van der Waals surface area contributed by atoms with Gasteiger partial charge in [-0.1, -0.05) is 18.2 Å². The van der Waals surface area contributed by atoms with Crippen molar-refractivity contribution in [2.45, 2.75) is 36.7 Å². The van der Waals surface area contributed by atoms with Crippen LogP contribution in [0.25, 0.3) is 5.69 Å². The Labute approximate surface area is 164 Å². The Kier molecular flexibility index (Phi) is 5.69. The number of imidazole rings is 1. The fourth-order valence-corrected chi connectivity index (χ4v) is 4.55. The van der Waals surface area contributed by atoms with Crippen LogP contribution in [-0.2, 0) is 4.74 Å². The van der Waals surface area contributed by atoms with Gasteiger partial charge in [0.1, 0.15) is 11.9 Å². The SMILES string of the molecule is CSC1CCN(C(=O)N[C@H]2CCO[C@@H]2c2nccn2-c2ccccc2)CC1. The van der Waals surface area contributed by atoms with Crippen LogP contribution < -0.4 is 5.32 Å². The Hall–Kier alpha value is -1.99. The van der Waals surface area contributed by atoms with Crippen LogP contribution in [0.2, 0.25) is 0 Å². The zero-order valence-corrected chi connectivity index (χ0v) is 16.4. The molecule has 0 spiro atoms. The van der Waals surface area contributed by atoms with Crippen molar-refractivity contribution in [1.29, 1.82) is 0 Å². The van der Waals surface area contributed by atoms with Crippen LogP contribution in [0.5, 0.6) is 0 Å². The summed E-state index contributed by atoms with van der Waals surface area (Å²) in [7, 11) is 0. The fraction of sp³-hybridized carbons (Fsp3) is 0.500. The standard InChI is InChI=1S/C20H26N4O2S/c1-27-16-7-11-23(12-8-16)20(25)22-17-9-14-26-18(17)19-21-10-13-24(19)15-5-3-2-4-6-15/h2-6,10,13,16-18H,7-9,11-12,14H2,1H3,(H,22,25)/t17-,18-/m0/s1. The molecule has 144 valence electrons. The van der Waals surface area contributed by atoms with Crippen molar-refractivity contribution in [2.24, 2.45) is 0 Å². The summed E-state index contributed by atoms with van der Waals surface area (Å²) in [6.07, 6.45) is 8.59. The quantitative estimate of drug-likeness (QED) is 0.876. The lowest BCUT2D eigenvalue weighted by Gasteiger charge is -2.32. The predicted molar refractivity (Wildman–Crippen MR) is 107 cm³/mol. The van der Waals surface area contributed by atoms with Crippen molar-refractivity contribution in [1.82, 2.24) is 19.8 Å². The monoisotopic (exact) mass is 386 g/mol. The average Bonchev–Trinajstić information content (AvgIpc) is 3.37. The number of piperidine rings is 1. The molecule has 1 aromatic carbocycles. The molecule has 0 radical (unpaired) electrons. The number of rotatable bonds is 4. The number of carbonyl (C=O) groups is 1. The molecule has 1 N–H and O–H groups in total. The second kappa shape index (κ2) is 8.35. The summed E-state index contributed by atoms with van der Waals surface area (Å²) >= 11 is 1.90. The molecule has 4 rings (SSSR count). The number of urea groups is 1. The summed E-state index contributed by atoms with van der Waals surface area (Å²) in [5, 5.41) is 3.88. The first-order valence-electron chi connectivity index (χ1n) is 9.55. The van der Waals surface area contributed by atoms with E-state index in [-0.39, 0.29) is 18.2 Å². The summed E-state index contributed by atoms with van der Waals surface area (Å²) < 4.78 is 8.02. The van der Waals surface area contributed by atoms with Crippen LogP contribution in [0.15, 0.2) is 42.7 Å². The number of aromatic nitrogens is 2. The zero-order valence-electron chi connectivity index (χ0n) is 15.6. The summed E-state index contributed by atoms with van der Waals surface area (Å²) in [4.78, 5) is 19.2. The summed E-state index contributed by atoms with van der Waals surface area (Å²) in [6.45, 7) is 2.29. The van der Waals surface area contributed by atoms with Gasteiger partial charge >= 0.3 is 6.03 Å². The Morgan fingerprint density at radius 2 is 2.00 bits per heavy atom. The molecule has 2 aliphatic heterocycles. The number of hydrogen-bond acceptors (Lipinski definition) is 4. The Balaban J connectivity index is 1.45. The highest BCUT2D eigenvalue weighted by Gasteiger charge is 2.35. The number of nitrogens with one attached hydrogen (secondary N) is 1. The molecular weight excluding hydrogens is 360 g/mol. The molecule has 0 unspecified atom stereocenters. The maximum atomic E-state index is 12.7. The minimum Gasteiger partial charge on any atom is -0.368 e. The molecule has 2 fully saturated rings. The number of carbonyl (C=O) groups excluding carboxylic acids is 1. The first-order valence-corrected chi connectivity index (χ1v) is 10.8. The number of amides is 2. The normalized spacial score (nSPS) is 23.5. The summed E-state index contributed by atoms with van der Waals surface area (Å²) in [6, 6.07) is 10.1. The third-order valence-corrected chi connectivity index (χ3v) is 6.56. The molecule has 0 saturated carbocycles. The molecular formula is C20H26N4O2S. The topological polar surface area (TPSA) is 59.4 Å². The number of likely N-dealkylation sites (tertiary alicyclic amines) is 1.